The van der Waals surface area contributed by atoms with Gasteiger partial charge in [-0.1, -0.05) is 6.92 Å². The molecule has 4 nitrogen and oxygen atoms in total. The molecule has 112 valence electrons. The third-order valence-corrected chi connectivity index (χ3v) is 2.63. The van der Waals surface area contributed by atoms with Crippen molar-refractivity contribution in [2.24, 2.45) is 0 Å². The Bertz CT molecular complexity index is 617. The van der Waals surface area contributed by atoms with Crippen molar-refractivity contribution in [1.82, 2.24) is 4.98 Å². The summed E-state index contributed by atoms with van der Waals surface area (Å²) < 4.78 is 44.8. The average Bonchev–Trinajstić information content (AvgIpc) is 2.88. The predicted molar refractivity (Wildman–Crippen MR) is 68.3 cm³/mol. The van der Waals surface area contributed by atoms with Crippen LogP contribution in [0, 0.1) is 0 Å². The molecule has 0 spiro atoms. The molecule has 0 fully saturated rings. The summed E-state index contributed by atoms with van der Waals surface area (Å²) in [5, 5.41) is 0. The Morgan fingerprint density at radius 1 is 1.19 bits per heavy atom. The van der Waals surface area contributed by atoms with Crippen LogP contribution >= 0.6 is 0 Å². The number of hydrogen-bond donors (Lipinski definition) is 1. The molecule has 2 rings (SSSR count). The summed E-state index contributed by atoms with van der Waals surface area (Å²) in [6, 6.07) is 6.26. The van der Waals surface area contributed by atoms with Gasteiger partial charge in [0.05, 0.1) is 5.56 Å². The molecule has 0 atom stereocenters. The molecular formula is C14H12F3NO3. The van der Waals surface area contributed by atoms with Gasteiger partial charge in [0.1, 0.15) is 11.5 Å². The van der Waals surface area contributed by atoms with Gasteiger partial charge in [-0.3, -0.25) is 0 Å². The lowest BCUT2D eigenvalue weighted by atomic mass is 10.3. The Labute approximate surface area is 118 Å². The molecule has 7 heteroatoms. The van der Waals surface area contributed by atoms with Gasteiger partial charge in [-0.05, 0) is 36.8 Å². The highest BCUT2D eigenvalue weighted by Crippen LogP contribution is 2.25. The molecule has 0 unspecified atom stereocenters. The summed E-state index contributed by atoms with van der Waals surface area (Å²) in [4.78, 5) is 14.7. The molecule has 0 amide bonds. The van der Waals surface area contributed by atoms with Gasteiger partial charge in [0.15, 0.2) is 0 Å². The first kappa shape index (κ1) is 15.0. The minimum Gasteiger partial charge on any atom is -0.423 e. The van der Waals surface area contributed by atoms with E-state index in [1.165, 1.54) is 18.3 Å². The summed E-state index contributed by atoms with van der Waals surface area (Å²) >= 11 is 0. The van der Waals surface area contributed by atoms with Gasteiger partial charge in [0.25, 0.3) is 0 Å². The second kappa shape index (κ2) is 5.90. The van der Waals surface area contributed by atoms with E-state index in [0.29, 0.717) is 5.56 Å². The topological polar surface area (TPSA) is 51.3 Å². The summed E-state index contributed by atoms with van der Waals surface area (Å²) in [6.45, 7) is 1.93. The van der Waals surface area contributed by atoms with Crippen molar-refractivity contribution in [2.45, 2.75) is 19.7 Å². The van der Waals surface area contributed by atoms with Crippen LogP contribution in [-0.2, 0) is 6.42 Å². The first-order chi connectivity index (χ1) is 9.87. The molecule has 0 aliphatic heterocycles. The van der Waals surface area contributed by atoms with Crippen LogP contribution in [0.2, 0.25) is 0 Å². The lowest BCUT2D eigenvalue weighted by molar-refractivity contribution is -0.274. The van der Waals surface area contributed by atoms with Gasteiger partial charge in [-0.25, -0.2) is 4.79 Å². The Hall–Kier alpha value is -2.44. The smallest absolute Gasteiger partial charge is 0.423 e. The highest BCUT2D eigenvalue weighted by atomic mass is 19.4. The molecule has 21 heavy (non-hydrogen) atoms. The molecule has 1 aromatic heterocycles. The molecule has 0 radical (unpaired) electrons. The minimum absolute atomic E-state index is 0.133. The largest absolute Gasteiger partial charge is 0.573 e. The fourth-order valence-electron chi connectivity index (χ4n) is 1.64. The molecule has 2 aromatic rings. The van der Waals surface area contributed by atoms with Crippen LogP contribution < -0.4 is 9.47 Å². The van der Waals surface area contributed by atoms with E-state index in [0.717, 1.165) is 24.2 Å². The zero-order valence-electron chi connectivity index (χ0n) is 11.0. The summed E-state index contributed by atoms with van der Waals surface area (Å²) in [7, 11) is 0. The predicted octanol–water partition coefficient (Wildman–Crippen LogP) is 3.69. The van der Waals surface area contributed by atoms with E-state index in [1.807, 2.05) is 6.92 Å². The number of aryl methyl sites for hydroxylation is 1. The number of rotatable bonds is 4. The lowest BCUT2D eigenvalue weighted by Gasteiger charge is -2.09. The van der Waals surface area contributed by atoms with E-state index in [1.54, 1.807) is 6.07 Å². The van der Waals surface area contributed by atoms with E-state index >= 15 is 0 Å². The van der Waals surface area contributed by atoms with Crippen LogP contribution in [0.3, 0.4) is 0 Å². The van der Waals surface area contributed by atoms with Gasteiger partial charge in [0, 0.05) is 11.9 Å². The number of carbonyl (C=O) groups excluding carboxylic acids is 1. The quantitative estimate of drug-likeness (QED) is 0.692. The third-order valence-electron chi connectivity index (χ3n) is 2.63. The zero-order chi connectivity index (χ0) is 15.5. The number of alkyl halides is 3. The van der Waals surface area contributed by atoms with Crippen molar-refractivity contribution in [1.29, 1.82) is 0 Å². The number of carbonyl (C=O) groups is 1. The second-order valence-corrected chi connectivity index (χ2v) is 4.18. The Balaban J connectivity index is 2.01. The monoisotopic (exact) mass is 299 g/mol. The molecule has 0 saturated carbocycles. The number of halogens is 3. The van der Waals surface area contributed by atoms with E-state index in [2.05, 4.69) is 9.72 Å². The van der Waals surface area contributed by atoms with Crippen molar-refractivity contribution in [3.05, 3.63) is 47.8 Å². The number of aromatic nitrogens is 1. The van der Waals surface area contributed by atoms with Crippen molar-refractivity contribution in [2.75, 3.05) is 0 Å². The fraction of sp³-hybridized carbons (Fsp3) is 0.214. The molecule has 0 saturated heterocycles. The maximum atomic E-state index is 12.0. The van der Waals surface area contributed by atoms with E-state index in [9.17, 15) is 18.0 Å². The van der Waals surface area contributed by atoms with Gasteiger partial charge in [-0.15, -0.1) is 13.2 Å². The first-order valence-electron chi connectivity index (χ1n) is 6.12. The standard InChI is InChI=1S/C14H12F3NO3/c1-2-10-7-9(8-18-10)13(19)20-11-3-5-12(6-4-11)21-14(15,16)17/h3-8,18H,2H2,1H3. The number of aromatic amines is 1. The maximum absolute atomic E-state index is 12.0. The van der Waals surface area contributed by atoms with Gasteiger partial charge in [0.2, 0.25) is 0 Å². The number of ether oxygens (including phenoxy) is 2. The van der Waals surface area contributed by atoms with Crippen LogP contribution in [-0.4, -0.2) is 17.3 Å². The van der Waals surface area contributed by atoms with Crippen LogP contribution in [0.4, 0.5) is 13.2 Å². The number of benzene rings is 1. The van der Waals surface area contributed by atoms with Crippen molar-refractivity contribution < 1.29 is 27.4 Å². The van der Waals surface area contributed by atoms with Crippen LogP contribution in [0.15, 0.2) is 36.5 Å². The number of nitrogens with one attached hydrogen (secondary N) is 1. The second-order valence-electron chi connectivity index (χ2n) is 4.18. The van der Waals surface area contributed by atoms with Crippen molar-refractivity contribution in [3.8, 4) is 11.5 Å². The van der Waals surface area contributed by atoms with E-state index in [4.69, 9.17) is 4.74 Å². The van der Waals surface area contributed by atoms with Crippen LogP contribution in [0.5, 0.6) is 11.5 Å². The van der Waals surface area contributed by atoms with Crippen molar-refractivity contribution >= 4 is 5.97 Å². The molecule has 0 bridgehead atoms. The van der Waals surface area contributed by atoms with Crippen LogP contribution in [0.1, 0.15) is 23.0 Å². The summed E-state index contributed by atoms with van der Waals surface area (Å²) in [6.07, 6.45) is -2.49. The Morgan fingerprint density at radius 2 is 1.81 bits per heavy atom. The Kier molecular flexibility index (Phi) is 4.21. The van der Waals surface area contributed by atoms with Gasteiger partial charge >= 0.3 is 12.3 Å². The lowest BCUT2D eigenvalue weighted by Crippen LogP contribution is -2.17. The minimum atomic E-state index is -4.75. The molecule has 1 N–H and O–H groups in total. The van der Waals surface area contributed by atoms with E-state index in [-0.39, 0.29) is 11.5 Å². The molecule has 1 aromatic carbocycles. The highest BCUT2D eigenvalue weighted by molar-refractivity contribution is 5.91. The highest BCUT2D eigenvalue weighted by Gasteiger charge is 2.31. The normalized spacial score (nSPS) is 11.2. The third kappa shape index (κ3) is 4.27. The average molecular weight is 299 g/mol. The SMILES string of the molecule is CCc1cc(C(=O)Oc2ccc(OC(F)(F)F)cc2)c[nH]1. The summed E-state index contributed by atoms with van der Waals surface area (Å²) in [5.74, 6) is -0.832. The maximum Gasteiger partial charge on any atom is 0.573 e. The van der Waals surface area contributed by atoms with E-state index < -0.39 is 12.3 Å². The number of H-pyrrole nitrogens is 1. The molecular weight excluding hydrogens is 287 g/mol. The number of hydrogen-bond acceptors (Lipinski definition) is 3. The number of esters is 1. The first-order valence-corrected chi connectivity index (χ1v) is 6.12. The molecule has 1 heterocycles. The fourth-order valence-corrected chi connectivity index (χ4v) is 1.64. The van der Waals surface area contributed by atoms with Gasteiger partial charge in [-0.2, -0.15) is 0 Å². The van der Waals surface area contributed by atoms with Gasteiger partial charge < -0.3 is 14.5 Å². The van der Waals surface area contributed by atoms with Crippen LogP contribution in [0.25, 0.3) is 0 Å². The van der Waals surface area contributed by atoms with Crippen molar-refractivity contribution in [3.63, 3.8) is 0 Å². The summed E-state index contributed by atoms with van der Waals surface area (Å²) in [5.41, 5.74) is 1.23. The zero-order valence-corrected chi connectivity index (χ0v) is 11.0. The molecule has 0 aliphatic rings. The Morgan fingerprint density at radius 3 is 2.33 bits per heavy atom. The molecule has 0 aliphatic carbocycles.